The molecule has 1 amide bonds. The van der Waals surface area contributed by atoms with Crippen molar-refractivity contribution >= 4 is 21.8 Å². The summed E-state index contributed by atoms with van der Waals surface area (Å²) in [5.74, 6) is 0.0315. The number of aromatic hydroxyl groups is 1. The van der Waals surface area contributed by atoms with Crippen LogP contribution in [0.15, 0.2) is 22.7 Å². The van der Waals surface area contributed by atoms with E-state index in [-0.39, 0.29) is 17.7 Å². The molecule has 1 aromatic carbocycles. The smallest absolute Gasteiger partial charge is 0.224 e. The van der Waals surface area contributed by atoms with Gasteiger partial charge in [0.25, 0.3) is 0 Å². The van der Waals surface area contributed by atoms with Crippen LogP contribution in [0.3, 0.4) is 0 Å². The maximum atomic E-state index is 11.5. The lowest BCUT2D eigenvalue weighted by Crippen LogP contribution is -2.37. The summed E-state index contributed by atoms with van der Waals surface area (Å²) in [6.45, 7) is 5.39. The lowest BCUT2D eigenvalue weighted by molar-refractivity contribution is -0.126. The van der Waals surface area contributed by atoms with Crippen LogP contribution < -0.4 is 5.73 Å². The highest BCUT2D eigenvalue weighted by molar-refractivity contribution is 9.10. The number of hydrogen-bond acceptors (Lipinski definition) is 3. The summed E-state index contributed by atoms with van der Waals surface area (Å²) in [4.78, 5) is 13.7. The summed E-state index contributed by atoms with van der Waals surface area (Å²) in [7, 11) is 0. The first kappa shape index (κ1) is 14.3. The van der Waals surface area contributed by atoms with E-state index >= 15 is 0 Å². The zero-order valence-corrected chi connectivity index (χ0v) is 12.8. The molecule has 1 heterocycles. The first-order valence-electron chi connectivity index (χ1n) is 6.36. The predicted octanol–water partition coefficient (Wildman–Crippen LogP) is 2.41. The van der Waals surface area contributed by atoms with Gasteiger partial charge in [-0.25, -0.2) is 0 Å². The van der Waals surface area contributed by atoms with Crippen molar-refractivity contribution in [3.05, 3.63) is 28.2 Å². The van der Waals surface area contributed by atoms with Gasteiger partial charge >= 0.3 is 0 Å². The van der Waals surface area contributed by atoms with E-state index in [9.17, 15) is 9.90 Å². The van der Waals surface area contributed by atoms with Crippen LogP contribution in [0.4, 0.5) is 0 Å². The van der Waals surface area contributed by atoms with Gasteiger partial charge in [0.2, 0.25) is 5.91 Å². The summed E-state index contributed by atoms with van der Waals surface area (Å²) in [5.41, 5.74) is 5.87. The molecule has 1 aromatic rings. The minimum Gasteiger partial charge on any atom is -0.508 e. The molecule has 104 valence electrons. The average Bonchev–Trinajstić information content (AvgIpc) is 2.76. The number of phenolic OH excluding ortho intramolecular Hbond substituents is 1. The molecular formula is C14H19BrN2O2. The number of halogens is 1. The van der Waals surface area contributed by atoms with Crippen molar-refractivity contribution in [3.8, 4) is 5.75 Å². The van der Waals surface area contributed by atoms with Crippen molar-refractivity contribution in [1.82, 2.24) is 4.90 Å². The fourth-order valence-electron chi connectivity index (χ4n) is 2.59. The Kier molecular flexibility index (Phi) is 3.87. The predicted molar refractivity (Wildman–Crippen MR) is 77.7 cm³/mol. The Morgan fingerprint density at radius 1 is 1.58 bits per heavy atom. The van der Waals surface area contributed by atoms with Crippen LogP contribution in [0.2, 0.25) is 0 Å². The molecule has 5 heteroatoms. The third-order valence-electron chi connectivity index (χ3n) is 4.09. The molecular weight excluding hydrogens is 308 g/mol. The number of carbonyl (C=O) groups excluding carboxylic acids is 1. The maximum Gasteiger partial charge on any atom is 0.224 e. The molecule has 0 radical (unpaired) electrons. The second-order valence-electron chi connectivity index (χ2n) is 5.52. The number of phenols is 1. The number of carbonyl (C=O) groups is 1. The average molecular weight is 327 g/mol. The Morgan fingerprint density at radius 3 is 2.84 bits per heavy atom. The fraction of sp³-hybridized carbons (Fsp3) is 0.500. The molecule has 2 unspecified atom stereocenters. The Labute approximate surface area is 121 Å². The zero-order chi connectivity index (χ0) is 14.2. The first-order chi connectivity index (χ1) is 8.83. The van der Waals surface area contributed by atoms with Crippen LogP contribution in [0.1, 0.15) is 31.9 Å². The van der Waals surface area contributed by atoms with Gasteiger partial charge in [-0.1, -0.05) is 15.9 Å². The number of benzene rings is 1. The summed E-state index contributed by atoms with van der Waals surface area (Å²) in [6.07, 6.45) is 0.765. The van der Waals surface area contributed by atoms with E-state index in [2.05, 4.69) is 20.8 Å². The van der Waals surface area contributed by atoms with Gasteiger partial charge in [0.15, 0.2) is 0 Å². The molecule has 1 fully saturated rings. The monoisotopic (exact) mass is 326 g/mol. The number of nitrogens with two attached hydrogens (primary N) is 1. The van der Waals surface area contributed by atoms with Crippen LogP contribution in [-0.4, -0.2) is 29.0 Å². The number of hydrogen-bond donors (Lipinski definition) is 2. The minimum absolute atomic E-state index is 0.0543. The normalized spacial score (nSPS) is 25.4. The largest absolute Gasteiger partial charge is 0.508 e. The Balaban J connectivity index is 2.20. The number of primary amides is 1. The molecule has 4 nitrogen and oxygen atoms in total. The van der Waals surface area contributed by atoms with E-state index in [1.165, 1.54) is 0 Å². The van der Waals surface area contributed by atoms with Crippen molar-refractivity contribution < 1.29 is 9.90 Å². The maximum absolute atomic E-state index is 11.5. The summed E-state index contributed by atoms with van der Waals surface area (Å²) >= 11 is 3.42. The van der Waals surface area contributed by atoms with E-state index in [4.69, 9.17) is 5.73 Å². The van der Waals surface area contributed by atoms with Crippen LogP contribution in [0.5, 0.6) is 5.75 Å². The summed E-state index contributed by atoms with van der Waals surface area (Å²) in [5, 5.41) is 9.97. The highest BCUT2D eigenvalue weighted by Gasteiger charge is 2.40. The van der Waals surface area contributed by atoms with Gasteiger partial charge < -0.3 is 10.8 Å². The lowest BCUT2D eigenvalue weighted by atomic mass is 9.89. The SMILES string of the molecule is CC(c1cc(Br)ccc1O)N1CCC(C)(C(N)=O)C1. The lowest BCUT2D eigenvalue weighted by Gasteiger charge is -2.27. The molecule has 0 saturated carbocycles. The van der Waals surface area contributed by atoms with Gasteiger partial charge in [-0.15, -0.1) is 0 Å². The minimum atomic E-state index is -0.462. The van der Waals surface area contributed by atoms with Crippen molar-refractivity contribution in [2.24, 2.45) is 11.1 Å². The van der Waals surface area contributed by atoms with E-state index in [1.54, 1.807) is 6.07 Å². The van der Waals surface area contributed by atoms with E-state index < -0.39 is 5.41 Å². The topological polar surface area (TPSA) is 66.6 Å². The molecule has 19 heavy (non-hydrogen) atoms. The second-order valence-corrected chi connectivity index (χ2v) is 6.44. The highest BCUT2D eigenvalue weighted by Crippen LogP contribution is 2.37. The fourth-order valence-corrected chi connectivity index (χ4v) is 2.96. The van der Waals surface area contributed by atoms with Gasteiger partial charge in [0, 0.05) is 22.6 Å². The van der Waals surface area contributed by atoms with E-state index in [0.29, 0.717) is 6.54 Å². The van der Waals surface area contributed by atoms with Crippen LogP contribution >= 0.6 is 15.9 Å². The van der Waals surface area contributed by atoms with Gasteiger partial charge in [-0.3, -0.25) is 9.69 Å². The third kappa shape index (κ3) is 2.77. The second kappa shape index (κ2) is 5.13. The quantitative estimate of drug-likeness (QED) is 0.896. The van der Waals surface area contributed by atoms with Gasteiger partial charge in [0.05, 0.1) is 5.41 Å². The summed E-state index contributed by atoms with van der Waals surface area (Å²) < 4.78 is 0.934. The Hall–Kier alpha value is -1.07. The van der Waals surface area contributed by atoms with Crippen LogP contribution in [-0.2, 0) is 4.79 Å². The van der Waals surface area contributed by atoms with E-state index in [0.717, 1.165) is 23.0 Å². The number of nitrogens with zero attached hydrogens (tertiary/aromatic N) is 1. The van der Waals surface area contributed by atoms with Crippen molar-refractivity contribution in [3.63, 3.8) is 0 Å². The first-order valence-corrected chi connectivity index (χ1v) is 7.15. The van der Waals surface area contributed by atoms with Crippen molar-refractivity contribution in [1.29, 1.82) is 0 Å². The third-order valence-corrected chi connectivity index (χ3v) is 4.58. The summed E-state index contributed by atoms with van der Waals surface area (Å²) in [6, 6.07) is 5.46. The molecule has 1 aliphatic rings. The van der Waals surface area contributed by atoms with Crippen molar-refractivity contribution in [2.75, 3.05) is 13.1 Å². The molecule has 1 saturated heterocycles. The molecule has 0 spiro atoms. The molecule has 2 rings (SSSR count). The van der Waals surface area contributed by atoms with E-state index in [1.807, 2.05) is 26.0 Å². The van der Waals surface area contributed by atoms with Crippen LogP contribution in [0.25, 0.3) is 0 Å². The van der Waals surface area contributed by atoms with Crippen molar-refractivity contribution in [2.45, 2.75) is 26.3 Å². The molecule has 0 aromatic heterocycles. The molecule has 1 aliphatic heterocycles. The number of likely N-dealkylation sites (tertiary alicyclic amines) is 1. The van der Waals surface area contributed by atoms with Crippen LogP contribution in [0, 0.1) is 5.41 Å². The molecule has 0 aliphatic carbocycles. The highest BCUT2D eigenvalue weighted by atomic mass is 79.9. The number of rotatable bonds is 3. The molecule has 0 bridgehead atoms. The zero-order valence-electron chi connectivity index (χ0n) is 11.2. The van der Waals surface area contributed by atoms with Gasteiger partial charge in [0.1, 0.15) is 5.75 Å². The number of amides is 1. The Morgan fingerprint density at radius 2 is 2.26 bits per heavy atom. The van der Waals surface area contributed by atoms with Gasteiger partial charge in [-0.2, -0.15) is 0 Å². The standard InChI is InChI=1S/C14H19BrN2O2/c1-9(11-7-10(15)3-4-12(11)18)17-6-5-14(2,8-17)13(16)19/h3-4,7,9,18H,5-6,8H2,1-2H3,(H2,16,19). The Bertz CT molecular complexity index is 506. The molecule has 3 N–H and O–H groups in total. The molecule has 2 atom stereocenters. The van der Waals surface area contributed by atoms with Gasteiger partial charge in [-0.05, 0) is 45.0 Å².